The Morgan fingerprint density at radius 2 is 2.06 bits per heavy atom. The molecule has 2 aromatic carbocycles. The number of imidazole rings is 1. The van der Waals surface area contributed by atoms with Gasteiger partial charge in [0.15, 0.2) is 0 Å². The largest absolute Gasteiger partial charge is 0.340 e. The van der Waals surface area contributed by atoms with Crippen molar-refractivity contribution in [1.82, 2.24) is 9.55 Å². The minimum Gasteiger partial charge on any atom is -0.340 e. The van der Waals surface area contributed by atoms with Gasteiger partial charge in [0.2, 0.25) is 11.8 Å². The van der Waals surface area contributed by atoms with Crippen LogP contribution in [0, 0.1) is 17.2 Å². The molecule has 2 aliphatic heterocycles. The molecule has 1 atom stereocenters. The lowest BCUT2D eigenvalue weighted by molar-refractivity contribution is -0.124. The molecule has 1 aromatic heterocycles. The molecule has 5 rings (SSSR count). The summed E-state index contributed by atoms with van der Waals surface area (Å²) in [5.74, 6) is -0.621. The molecule has 184 valence electrons. The fourth-order valence-corrected chi connectivity index (χ4v) is 5.52. The van der Waals surface area contributed by atoms with Gasteiger partial charge >= 0.3 is 0 Å². The topological polar surface area (TPSA) is 82.2 Å². The number of anilines is 2. The summed E-state index contributed by atoms with van der Waals surface area (Å²) in [7, 11) is 1.95. The summed E-state index contributed by atoms with van der Waals surface area (Å²) in [6.07, 6.45) is 5.50. The second-order valence-corrected chi connectivity index (χ2v) is 10.8. The highest BCUT2D eigenvalue weighted by Gasteiger charge is 2.44. The van der Waals surface area contributed by atoms with Crippen LogP contribution >= 0.6 is 11.6 Å². The van der Waals surface area contributed by atoms with Gasteiger partial charge in [0.05, 0.1) is 29.6 Å². The lowest BCUT2D eigenvalue weighted by Crippen LogP contribution is -2.39. The van der Waals surface area contributed by atoms with Gasteiger partial charge in [-0.3, -0.25) is 9.59 Å². The fraction of sp³-hybridized carbons (Fsp3) is 0.357. The third-order valence-corrected chi connectivity index (χ3v) is 7.53. The maximum atomic E-state index is 13.7. The number of carbonyl (C=O) groups is 2. The highest BCUT2D eigenvalue weighted by molar-refractivity contribution is 6.31. The minimum absolute atomic E-state index is 0.0635. The summed E-state index contributed by atoms with van der Waals surface area (Å²) in [6.45, 7) is 5.11. The molecule has 7 nitrogen and oxygen atoms in total. The Bertz CT molecular complexity index is 1400. The average molecular weight is 502 g/mol. The highest BCUT2D eigenvalue weighted by atomic mass is 35.5. The lowest BCUT2D eigenvalue weighted by atomic mass is 9.85. The number of benzene rings is 2. The number of aryl methyl sites for hydroxylation is 3. The van der Waals surface area contributed by atoms with Crippen molar-refractivity contribution in [2.24, 2.45) is 13.0 Å². The normalized spacial score (nSPS) is 18.4. The van der Waals surface area contributed by atoms with Crippen LogP contribution in [0.3, 0.4) is 0 Å². The number of hydrogen-bond donors (Lipinski definition) is 0. The Morgan fingerprint density at radius 3 is 2.78 bits per heavy atom. The molecule has 8 heteroatoms. The van der Waals surface area contributed by atoms with Crippen molar-refractivity contribution in [3.63, 3.8) is 0 Å². The maximum Gasteiger partial charge on any atom is 0.232 e. The Morgan fingerprint density at radius 1 is 1.25 bits per heavy atom. The van der Waals surface area contributed by atoms with E-state index in [2.05, 4.69) is 31.0 Å². The molecule has 0 unspecified atom stereocenters. The predicted octanol–water partition coefficient (Wildman–Crippen LogP) is 4.41. The van der Waals surface area contributed by atoms with Gasteiger partial charge in [-0.25, -0.2) is 4.98 Å². The van der Waals surface area contributed by atoms with E-state index in [1.54, 1.807) is 40.4 Å². The van der Waals surface area contributed by atoms with Crippen molar-refractivity contribution in [2.45, 2.75) is 38.5 Å². The van der Waals surface area contributed by atoms with Crippen LogP contribution in [0.5, 0.6) is 0 Å². The van der Waals surface area contributed by atoms with Crippen LogP contribution in [-0.4, -0.2) is 34.5 Å². The number of halogens is 1. The molecule has 1 fully saturated rings. The molecular weight excluding hydrogens is 474 g/mol. The van der Waals surface area contributed by atoms with E-state index < -0.39 is 5.92 Å². The van der Waals surface area contributed by atoms with Gasteiger partial charge in [0.25, 0.3) is 0 Å². The number of aromatic nitrogens is 2. The van der Waals surface area contributed by atoms with E-state index in [9.17, 15) is 14.9 Å². The van der Waals surface area contributed by atoms with E-state index in [0.29, 0.717) is 29.4 Å². The minimum atomic E-state index is -0.451. The number of nitrogens with zero attached hydrogens (tertiary/aromatic N) is 5. The molecule has 0 aliphatic carbocycles. The van der Waals surface area contributed by atoms with Crippen molar-refractivity contribution in [3.8, 4) is 6.07 Å². The van der Waals surface area contributed by atoms with Gasteiger partial charge < -0.3 is 14.4 Å². The molecule has 0 spiro atoms. The van der Waals surface area contributed by atoms with Crippen LogP contribution in [-0.2, 0) is 34.9 Å². The number of rotatable bonds is 5. The van der Waals surface area contributed by atoms with Crippen LogP contribution < -0.4 is 9.80 Å². The zero-order valence-electron chi connectivity index (χ0n) is 20.7. The summed E-state index contributed by atoms with van der Waals surface area (Å²) in [5.41, 5.74) is 4.88. The smallest absolute Gasteiger partial charge is 0.232 e. The molecule has 1 saturated heterocycles. The van der Waals surface area contributed by atoms with Crippen molar-refractivity contribution in [3.05, 3.63) is 76.3 Å². The zero-order valence-corrected chi connectivity index (χ0v) is 21.4. The Hall–Kier alpha value is -3.63. The Labute approximate surface area is 215 Å². The van der Waals surface area contributed by atoms with Crippen molar-refractivity contribution in [2.75, 3.05) is 22.9 Å². The summed E-state index contributed by atoms with van der Waals surface area (Å²) < 4.78 is 1.93. The van der Waals surface area contributed by atoms with Crippen LogP contribution in [0.2, 0.25) is 5.02 Å². The zero-order chi connectivity index (χ0) is 25.6. The van der Waals surface area contributed by atoms with E-state index in [1.165, 1.54) is 0 Å². The molecule has 2 amide bonds. The fourth-order valence-electron chi connectivity index (χ4n) is 5.27. The quantitative estimate of drug-likeness (QED) is 0.518. The molecule has 0 saturated carbocycles. The number of fused-ring (bicyclic) bond motifs is 1. The van der Waals surface area contributed by atoms with Crippen LogP contribution in [0.25, 0.3) is 0 Å². The van der Waals surface area contributed by atoms with E-state index in [4.69, 9.17) is 11.6 Å². The maximum absolute atomic E-state index is 13.7. The Balaban J connectivity index is 1.37. The number of nitriles is 1. The molecule has 2 aliphatic rings. The number of hydrogen-bond acceptors (Lipinski definition) is 4. The SMILES string of the molecule is Cn1cnc(CCc2cc3c(cc2Cl)N(C(=O)[C@H]2CC(=O)N(c4cccc(C#N)c4)C2)CC3(C)C)c1. The molecule has 36 heavy (non-hydrogen) atoms. The van der Waals surface area contributed by atoms with E-state index in [0.717, 1.165) is 35.3 Å². The summed E-state index contributed by atoms with van der Waals surface area (Å²) in [5, 5.41) is 9.84. The summed E-state index contributed by atoms with van der Waals surface area (Å²) in [4.78, 5) is 34.3. The van der Waals surface area contributed by atoms with Gasteiger partial charge in [-0.1, -0.05) is 37.6 Å². The number of carbonyl (C=O) groups excluding carboxylic acids is 2. The van der Waals surface area contributed by atoms with Gasteiger partial charge in [0, 0.05) is 54.6 Å². The number of amides is 2. The van der Waals surface area contributed by atoms with Gasteiger partial charge in [-0.15, -0.1) is 0 Å². The Kier molecular flexibility index (Phi) is 6.09. The average Bonchev–Trinajstić information content (AvgIpc) is 3.52. The highest BCUT2D eigenvalue weighted by Crippen LogP contribution is 2.44. The second-order valence-electron chi connectivity index (χ2n) is 10.4. The molecule has 0 radical (unpaired) electrons. The molecule has 3 heterocycles. The predicted molar refractivity (Wildman–Crippen MR) is 139 cm³/mol. The first kappa shape index (κ1) is 24.1. The van der Waals surface area contributed by atoms with Gasteiger partial charge in [-0.2, -0.15) is 5.26 Å². The molecule has 0 N–H and O–H groups in total. The third-order valence-electron chi connectivity index (χ3n) is 7.17. The van der Waals surface area contributed by atoms with E-state index in [1.807, 2.05) is 23.9 Å². The first-order valence-electron chi connectivity index (χ1n) is 12.1. The molecule has 3 aromatic rings. The second kappa shape index (κ2) is 9.11. The molecule has 0 bridgehead atoms. The van der Waals surface area contributed by atoms with E-state index >= 15 is 0 Å². The van der Waals surface area contributed by atoms with E-state index in [-0.39, 0.29) is 23.7 Å². The monoisotopic (exact) mass is 501 g/mol. The first-order valence-corrected chi connectivity index (χ1v) is 12.5. The van der Waals surface area contributed by atoms with Gasteiger partial charge in [0.1, 0.15) is 0 Å². The van der Waals surface area contributed by atoms with Crippen LogP contribution in [0.4, 0.5) is 11.4 Å². The third kappa shape index (κ3) is 4.38. The van der Waals surface area contributed by atoms with Crippen LogP contribution in [0.15, 0.2) is 48.9 Å². The lowest BCUT2D eigenvalue weighted by Gasteiger charge is -2.24. The van der Waals surface area contributed by atoms with Crippen molar-refractivity contribution >= 4 is 34.8 Å². The van der Waals surface area contributed by atoms with Crippen molar-refractivity contribution < 1.29 is 9.59 Å². The summed E-state index contributed by atoms with van der Waals surface area (Å²) in [6, 6.07) is 13.1. The van der Waals surface area contributed by atoms with Crippen molar-refractivity contribution in [1.29, 1.82) is 5.26 Å². The molecular formula is C28H28ClN5O2. The van der Waals surface area contributed by atoms with Gasteiger partial charge in [-0.05, 0) is 48.2 Å². The first-order chi connectivity index (χ1) is 17.2. The van der Waals surface area contributed by atoms with Crippen LogP contribution in [0.1, 0.15) is 42.7 Å². The standard InChI is InChI=1S/C28H28ClN5O2/c1-28(2)16-34(25-12-24(29)19(10-23(25)28)7-8-21-15-32(3)17-31-21)27(36)20-11-26(35)33(14-20)22-6-4-5-18(9-22)13-30/h4-6,9-10,12,15,17,20H,7-8,11,14,16H2,1-3H3/t20-/m0/s1. The summed E-state index contributed by atoms with van der Waals surface area (Å²) >= 11 is 6.70.